The van der Waals surface area contributed by atoms with E-state index in [-0.39, 0.29) is 23.7 Å². The maximum Gasteiger partial charge on any atom is 0.327 e. The number of hydrogen-bond donors (Lipinski definition) is 2. The molecule has 1 aromatic carbocycles. The summed E-state index contributed by atoms with van der Waals surface area (Å²) in [5.74, 6) is 1.43. The monoisotopic (exact) mass is 479 g/mol. The van der Waals surface area contributed by atoms with Crippen LogP contribution in [0.2, 0.25) is 0 Å². The molecule has 0 bridgehead atoms. The van der Waals surface area contributed by atoms with Gasteiger partial charge in [-0.2, -0.15) is 0 Å². The number of aromatic hydroxyl groups is 1. The van der Waals surface area contributed by atoms with Crippen LogP contribution in [0.1, 0.15) is 62.5 Å². The number of benzene rings is 1. The molecule has 0 aromatic heterocycles. The van der Waals surface area contributed by atoms with Crippen molar-refractivity contribution >= 4 is 11.9 Å². The molecule has 2 heterocycles. The number of phenolic OH excluding ortho intramolecular Hbond substituents is 1. The number of likely N-dealkylation sites (tertiary alicyclic amines) is 1. The van der Waals surface area contributed by atoms with Gasteiger partial charge in [0.05, 0.1) is 5.60 Å². The standard InChI is InChI=1S/C28H37N3O4/c1-17-3-8-21(32)11-22(17)26-12-20-15-29(2)23(20)28(26,35)10-9-27(16-26)24(33)30(13-18-4-5-18)25(34)31(27)14-19-6-7-19/h3,8,11,18-20,23,32,35H,4-7,9-10,12-16H2,1-2H3/t20?,23-,26-,27+,28-/m1/s1. The Morgan fingerprint density at radius 1 is 1.06 bits per heavy atom. The summed E-state index contributed by atoms with van der Waals surface area (Å²) >= 11 is 0. The van der Waals surface area contributed by atoms with Gasteiger partial charge in [-0.05, 0) is 106 Å². The van der Waals surface area contributed by atoms with Crippen LogP contribution < -0.4 is 0 Å². The zero-order valence-corrected chi connectivity index (χ0v) is 20.9. The molecule has 35 heavy (non-hydrogen) atoms. The lowest BCUT2D eigenvalue weighted by Crippen LogP contribution is -2.70. The van der Waals surface area contributed by atoms with E-state index in [0.29, 0.717) is 50.1 Å². The zero-order chi connectivity index (χ0) is 24.3. The molecular weight excluding hydrogens is 442 g/mol. The third-order valence-corrected chi connectivity index (χ3v) is 10.5. The van der Waals surface area contributed by atoms with Crippen LogP contribution in [0.5, 0.6) is 5.75 Å². The summed E-state index contributed by atoms with van der Waals surface area (Å²) in [6.07, 6.45) is 6.65. The van der Waals surface area contributed by atoms with Crippen LogP contribution in [0.25, 0.3) is 0 Å². The van der Waals surface area contributed by atoms with Crippen molar-refractivity contribution in [2.24, 2.45) is 17.8 Å². The molecule has 1 unspecified atom stereocenters. The average molecular weight is 480 g/mol. The SMILES string of the molecule is Cc1ccc(O)cc1[C@]12CC3CN(C)[C@H]3[C@]1(O)CC[C@]1(C2)C(=O)N(CC2CC2)C(=O)N1CC1CC1. The molecule has 7 nitrogen and oxygen atoms in total. The van der Waals surface area contributed by atoms with Crippen LogP contribution in [0.3, 0.4) is 0 Å². The first-order valence-electron chi connectivity index (χ1n) is 13.5. The molecule has 5 atom stereocenters. The lowest BCUT2D eigenvalue weighted by atomic mass is 9.54. The fourth-order valence-electron chi connectivity index (χ4n) is 8.53. The van der Waals surface area contributed by atoms with E-state index >= 15 is 0 Å². The van der Waals surface area contributed by atoms with Crippen molar-refractivity contribution in [2.75, 3.05) is 26.7 Å². The number of aliphatic hydroxyl groups is 1. The Labute approximate surface area is 207 Å². The summed E-state index contributed by atoms with van der Waals surface area (Å²) in [5, 5.41) is 23.1. The second-order valence-electron chi connectivity index (χ2n) is 12.8. The number of carbonyl (C=O) groups is 2. The molecule has 188 valence electrons. The molecule has 0 radical (unpaired) electrons. The maximum atomic E-state index is 14.3. The molecule has 2 saturated heterocycles. The summed E-state index contributed by atoms with van der Waals surface area (Å²) in [6.45, 7) is 4.16. The molecule has 6 aliphatic rings. The van der Waals surface area contributed by atoms with Gasteiger partial charge >= 0.3 is 6.03 Å². The van der Waals surface area contributed by atoms with Gasteiger partial charge in [0.2, 0.25) is 0 Å². The Morgan fingerprint density at radius 3 is 2.46 bits per heavy atom. The first kappa shape index (κ1) is 22.1. The number of imide groups is 1. The second-order valence-corrected chi connectivity index (χ2v) is 12.8. The van der Waals surface area contributed by atoms with Crippen molar-refractivity contribution in [3.05, 3.63) is 29.3 Å². The number of likely N-dealkylation sites (N-methyl/N-ethyl adjacent to an activating group) is 1. The highest BCUT2D eigenvalue weighted by Gasteiger charge is 2.75. The number of hydrogen-bond acceptors (Lipinski definition) is 5. The van der Waals surface area contributed by atoms with E-state index in [1.165, 1.54) is 0 Å². The van der Waals surface area contributed by atoms with E-state index in [4.69, 9.17) is 0 Å². The molecule has 4 saturated carbocycles. The number of aryl methyl sites for hydroxylation is 1. The zero-order valence-electron chi connectivity index (χ0n) is 20.9. The Balaban J connectivity index is 1.37. The third-order valence-electron chi connectivity index (χ3n) is 10.5. The van der Waals surface area contributed by atoms with Crippen LogP contribution >= 0.6 is 0 Å². The highest BCUT2D eigenvalue weighted by molar-refractivity contribution is 6.07. The first-order valence-corrected chi connectivity index (χ1v) is 13.5. The predicted molar refractivity (Wildman–Crippen MR) is 130 cm³/mol. The van der Waals surface area contributed by atoms with Gasteiger partial charge in [-0.25, -0.2) is 4.79 Å². The lowest BCUT2D eigenvalue weighted by molar-refractivity contribution is -0.155. The fraction of sp³-hybridized carbons (Fsp3) is 0.714. The van der Waals surface area contributed by atoms with Gasteiger partial charge in [0.25, 0.3) is 5.91 Å². The number of fused-ring (bicyclic) bond motifs is 3. The van der Waals surface area contributed by atoms with Crippen molar-refractivity contribution < 1.29 is 19.8 Å². The molecule has 6 fully saturated rings. The van der Waals surface area contributed by atoms with E-state index in [1.54, 1.807) is 11.0 Å². The Morgan fingerprint density at radius 2 is 1.77 bits per heavy atom. The molecule has 1 spiro atoms. The van der Waals surface area contributed by atoms with E-state index in [2.05, 4.69) is 11.9 Å². The van der Waals surface area contributed by atoms with E-state index in [9.17, 15) is 19.8 Å². The number of amides is 3. The minimum absolute atomic E-state index is 0.0399. The van der Waals surface area contributed by atoms with E-state index in [1.807, 2.05) is 24.0 Å². The van der Waals surface area contributed by atoms with E-state index < -0.39 is 16.6 Å². The van der Waals surface area contributed by atoms with Gasteiger partial charge in [-0.3, -0.25) is 14.6 Å². The Hall–Kier alpha value is -2.12. The van der Waals surface area contributed by atoms with Crippen LogP contribution in [0, 0.1) is 24.7 Å². The van der Waals surface area contributed by atoms with Gasteiger partial charge < -0.3 is 15.1 Å². The van der Waals surface area contributed by atoms with Crippen molar-refractivity contribution in [1.29, 1.82) is 0 Å². The highest BCUT2D eigenvalue weighted by Crippen LogP contribution is 2.66. The summed E-state index contributed by atoms with van der Waals surface area (Å²) in [6, 6.07) is 5.38. The third kappa shape index (κ3) is 2.85. The quantitative estimate of drug-likeness (QED) is 0.635. The van der Waals surface area contributed by atoms with Crippen LogP contribution in [0.15, 0.2) is 18.2 Å². The fourth-order valence-corrected chi connectivity index (χ4v) is 8.53. The molecule has 7 heteroatoms. The maximum absolute atomic E-state index is 14.3. The molecule has 2 aliphatic heterocycles. The highest BCUT2D eigenvalue weighted by atomic mass is 16.3. The molecule has 1 aromatic rings. The minimum atomic E-state index is -0.993. The average Bonchev–Trinajstić information content (AvgIpc) is 3.73. The topological polar surface area (TPSA) is 84.3 Å². The number of phenols is 1. The predicted octanol–water partition coefficient (Wildman–Crippen LogP) is 3.01. The van der Waals surface area contributed by atoms with E-state index in [0.717, 1.165) is 49.8 Å². The normalized spacial score (nSPS) is 40.9. The van der Waals surface area contributed by atoms with Gasteiger partial charge in [0, 0.05) is 31.1 Å². The summed E-state index contributed by atoms with van der Waals surface area (Å²) in [4.78, 5) is 33.8. The smallest absolute Gasteiger partial charge is 0.327 e. The number of carbonyl (C=O) groups excluding carboxylic acids is 2. The molecule has 3 amide bonds. The lowest BCUT2D eigenvalue weighted by Gasteiger charge is -2.57. The van der Waals surface area contributed by atoms with Crippen molar-refractivity contribution in [3.63, 3.8) is 0 Å². The summed E-state index contributed by atoms with van der Waals surface area (Å²) in [7, 11) is 2.08. The first-order chi connectivity index (χ1) is 16.7. The Kier molecular flexibility index (Phi) is 4.42. The largest absolute Gasteiger partial charge is 0.508 e. The summed E-state index contributed by atoms with van der Waals surface area (Å²) < 4.78 is 0. The number of urea groups is 1. The minimum Gasteiger partial charge on any atom is -0.508 e. The van der Waals surface area contributed by atoms with Crippen molar-refractivity contribution in [3.8, 4) is 5.75 Å². The number of rotatable bonds is 5. The summed E-state index contributed by atoms with van der Waals surface area (Å²) in [5.41, 5.74) is -0.591. The molecule has 4 aliphatic carbocycles. The van der Waals surface area contributed by atoms with Crippen molar-refractivity contribution in [2.45, 2.75) is 80.9 Å². The van der Waals surface area contributed by atoms with Crippen LogP contribution in [-0.4, -0.2) is 80.7 Å². The molecule has 2 N–H and O–H groups in total. The van der Waals surface area contributed by atoms with Gasteiger partial charge in [-0.15, -0.1) is 0 Å². The molecule has 7 rings (SSSR count). The molecular formula is C28H37N3O4. The second kappa shape index (κ2) is 7.00. The Bertz CT molecular complexity index is 1120. The van der Waals surface area contributed by atoms with Crippen molar-refractivity contribution in [1.82, 2.24) is 14.7 Å². The van der Waals surface area contributed by atoms with Gasteiger partial charge in [-0.1, -0.05) is 6.07 Å². The number of nitrogens with zero attached hydrogens (tertiary/aromatic N) is 3. The van der Waals surface area contributed by atoms with Crippen LogP contribution in [0.4, 0.5) is 4.79 Å². The van der Waals surface area contributed by atoms with Crippen LogP contribution in [-0.2, 0) is 10.2 Å². The van der Waals surface area contributed by atoms with Gasteiger partial charge in [0.1, 0.15) is 11.3 Å². The van der Waals surface area contributed by atoms with Gasteiger partial charge in [0.15, 0.2) is 0 Å².